The number of anilines is 1. The van der Waals surface area contributed by atoms with Crippen molar-refractivity contribution in [3.63, 3.8) is 0 Å². The fourth-order valence-corrected chi connectivity index (χ4v) is 5.20. The lowest BCUT2D eigenvalue weighted by Crippen LogP contribution is -2.28. The smallest absolute Gasteiger partial charge is 0.271 e. The summed E-state index contributed by atoms with van der Waals surface area (Å²) in [7, 11) is 0. The van der Waals surface area contributed by atoms with E-state index in [0.29, 0.717) is 16.7 Å². The molecule has 6 heteroatoms. The fraction of sp³-hybridized carbons (Fsp3) is 0.0667. The number of para-hydroxylation sites is 2. The quantitative estimate of drug-likeness (QED) is 0.226. The van der Waals surface area contributed by atoms with E-state index < -0.39 is 0 Å². The van der Waals surface area contributed by atoms with Crippen molar-refractivity contribution in [1.29, 1.82) is 0 Å². The molecule has 4 aromatic rings. The highest BCUT2D eigenvalue weighted by Crippen LogP contribution is 2.38. The van der Waals surface area contributed by atoms with Crippen LogP contribution in [0.3, 0.4) is 0 Å². The lowest BCUT2D eigenvalue weighted by Gasteiger charge is -2.15. The van der Waals surface area contributed by atoms with Crippen molar-refractivity contribution in [3.05, 3.63) is 129 Å². The number of aliphatic imine (C=N–C) groups is 1. The van der Waals surface area contributed by atoms with Crippen LogP contribution in [0.15, 0.2) is 117 Å². The van der Waals surface area contributed by atoms with Crippen LogP contribution in [0.2, 0.25) is 0 Å². The zero-order chi connectivity index (χ0) is 24.9. The molecule has 1 saturated heterocycles. The third kappa shape index (κ3) is 5.61. The maximum atomic E-state index is 13.5. The Hall–Kier alpha value is -3.61. The molecule has 1 aliphatic rings. The number of hydrogen-bond acceptors (Lipinski definition) is 4. The molecule has 0 bridgehead atoms. The van der Waals surface area contributed by atoms with Gasteiger partial charge < -0.3 is 4.74 Å². The molecule has 0 radical (unpaired) electrons. The summed E-state index contributed by atoms with van der Waals surface area (Å²) >= 11 is 4.99. The molecule has 4 nitrogen and oxygen atoms in total. The summed E-state index contributed by atoms with van der Waals surface area (Å²) < 4.78 is 6.83. The van der Waals surface area contributed by atoms with E-state index in [1.54, 1.807) is 4.90 Å². The third-order valence-corrected chi connectivity index (χ3v) is 7.16. The number of aryl methyl sites for hydroxylation is 1. The summed E-state index contributed by atoms with van der Waals surface area (Å²) in [5.41, 5.74) is 4.81. The summed E-state index contributed by atoms with van der Waals surface area (Å²) in [5.74, 6) is 0.650. The zero-order valence-corrected chi connectivity index (χ0v) is 22.0. The van der Waals surface area contributed by atoms with Gasteiger partial charge in [0, 0.05) is 0 Å². The highest BCUT2D eigenvalue weighted by atomic mass is 79.9. The number of benzene rings is 4. The van der Waals surface area contributed by atoms with Crippen LogP contribution in [-0.2, 0) is 11.4 Å². The summed E-state index contributed by atoms with van der Waals surface area (Å²) in [6, 6.07) is 33.4. The Balaban J connectivity index is 1.39. The highest BCUT2D eigenvalue weighted by molar-refractivity contribution is 9.10. The summed E-state index contributed by atoms with van der Waals surface area (Å²) in [6.45, 7) is 2.55. The number of thioether (sulfide) groups is 1. The van der Waals surface area contributed by atoms with Gasteiger partial charge in [-0.1, -0.05) is 72.3 Å². The molecule has 0 aliphatic carbocycles. The standard InChI is InChI=1S/C30H23BrN2O2S/c1-21-12-14-22(15-13-21)20-35-27-17-16-23(18-26(27)31)19-28-29(34)33(25-10-6-3-7-11-25)30(36-28)32-24-8-4-2-5-9-24/h2-19H,20H2,1H3/b28-19+,32-30?. The van der Waals surface area contributed by atoms with Gasteiger partial charge in [0.25, 0.3) is 5.91 Å². The van der Waals surface area contributed by atoms with Gasteiger partial charge in [0.15, 0.2) is 5.17 Å². The molecule has 5 rings (SSSR count). The van der Waals surface area contributed by atoms with Crippen molar-refractivity contribution in [2.24, 2.45) is 4.99 Å². The molecular formula is C30H23BrN2O2S. The molecule has 1 amide bonds. The molecule has 0 saturated carbocycles. The minimum Gasteiger partial charge on any atom is -0.488 e. The van der Waals surface area contributed by atoms with Crippen LogP contribution in [0.25, 0.3) is 6.08 Å². The van der Waals surface area contributed by atoms with E-state index in [0.717, 1.165) is 32.7 Å². The number of amidine groups is 1. The Kier molecular flexibility index (Phi) is 7.35. The second kappa shape index (κ2) is 11.0. The summed E-state index contributed by atoms with van der Waals surface area (Å²) in [6.07, 6.45) is 1.89. The SMILES string of the molecule is Cc1ccc(COc2ccc(/C=C3/SC(=Nc4ccccc4)N(c4ccccc4)C3=O)cc2Br)cc1. The molecule has 1 heterocycles. The van der Waals surface area contributed by atoms with Gasteiger partial charge in [0.2, 0.25) is 0 Å². The number of ether oxygens (including phenoxy) is 1. The number of amides is 1. The van der Waals surface area contributed by atoms with Gasteiger partial charge >= 0.3 is 0 Å². The van der Waals surface area contributed by atoms with Gasteiger partial charge in [-0.05, 0) is 88.2 Å². The van der Waals surface area contributed by atoms with Crippen LogP contribution in [0.5, 0.6) is 5.75 Å². The number of hydrogen-bond donors (Lipinski definition) is 0. The minimum atomic E-state index is -0.100. The molecule has 178 valence electrons. The van der Waals surface area contributed by atoms with E-state index in [2.05, 4.69) is 47.1 Å². The van der Waals surface area contributed by atoms with Crippen LogP contribution in [0, 0.1) is 6.92 Å². The maximum Gasteiger partial charge on any atom is 0.271 e. The van der Waals surface area contributed by atoms with Crippen LogP contribution < -0.4 is 9.64 Å². The van der Waals surface area contributed by atoms with E-state index >= 15 is 0 Å². The first-order valence-electron chi connectivity index (χ1n) is 11.5. The van der Waals surface area contributed by atoms with Crippen molar-refractivity contribution in [2.45, 2.75) is 13.5 Å². The zero-order valence-electron chi connectivity index (χ0n) is 19.6. The van der Waals surface area contributed by atoms with Crippen LogP contribution in [0.4, 0.5) is 11.4 Å². The minimum absolute atomic E-state index is 0.100. The van der Waals surface area contributed by atoms with E-state index in [9.17, 15) is 4.79 Å². The molecule has 1 aliphatic heterocycles. The van der Waals surface area contributed by atoms with Crippen molar-refractivity contribution in [3.8, 4) is 5.75 Å². The molecule has 0 N–H and O–H groups in total. The normalized spacial score (nSPS) is 15.6. The molecule has 4 aromatic carbocycles. The predicted molar refractivity (Wildman–Crippen MR) is 153 cm³/mol. The topological polar surface area (TPSA) is 41.9 Å². The van der Waals surface area contributed by atoms with E-state index in [-0.39, 0.29) is 5.91 Å². The first-order chi connectivity index (χ1) is 17.6. The van der Waals surface area contributed by atoms with Gasteiger partial charge in [-0.3, -0.25) is 9.69 Å². The molecular weight excluding hydrogens is 532 g/mol. The second-order valence-corrected chi connectivity index (χ2v) is 10.1. The Morgan fingerprint density at radius 1 is 0.917 bits per heavy atom. The number of nitrogens with zero attached hydrogens (tertiary/aromatic N) is 2. The lowest BCUT2D eigenvalue weighted by atomic mass is 10.1. The van der Waals surface area contributed by atoms with Crippen LogP contribution in [-0.4, -0.2) is 11.1 Å². The van der Waals surface area contributed by atoms with Crippen LogP contribution in [0.1, 0.15) is 16.7 Å². The van der Waals surface area contributed by atoms with Gasteiger partial charge in [-0.15, -0.1) is 0 Å². The fourth-order valence-electron chi connectivity index (χ4n) is 3.69. The Labute approximate surface area is 223 Å². The molecule has 36 heavy (non-hydrogen) atoms. The predicted octanol–water partition coefficient (Wildman–Crippen LogP) is 8.15. The number of carbonyl (C=O) groups is 1. The summed E-state index contributed by atoms with van der Waals surface area (Å²) in [4.78, 5) is 20.5. The third-order valence-electron chi connectivity index (χ3n) is 5.57. The largest absolute Gasteiger partial charge is 0.488 e. The lowest BCUT2D eigenvalue weighted by molar-refractivity contribution is -0.113. The molecule has 0 atom stereocenters. The molecule has 0 aromatic heterocycles. The van der Waals surface area contributed by atoms with Crippen molar-refractivity contribution in [1.82, 2.24) is 0 Å². The van der Waals surface area contributed by atoms with E-state index in [1.807, 2.05) is 84.9 Å². The van der Waals surface area contributed by atoms with Gasteiger partial charge in [-0.25, -0.2) is 4.99 Å². The first-order valence-corrected chi connectivity index (χ1v) is 13.1. The Bertz CT molecular complexity index is 1440. The van der Waals surface area contributed by atoms with Gasteiger partial charge in [-0.2, -0.15) is 0 Å². The average molecular weight is 555 g/mol. The Morgan fingerprint density at radius 3 is 2.31 bits per heavy atom. The monoisotopic (exact) mass is 554 g/mol. The second-order valence-electron chi connectivity index (χ2n) is 8.28. The molecule has 0 unspecified atom stereocenters. The van der Waals surface area contributed by atoms with Crippen molar-refractivity contribution >= 4 is 56.2 Å². The van der Waals surface area contributed by atoms with Crippen LogP contribution >= 0.6 is 27.7 Å². The van der Waals surface area contributed by atoms with Crippen molar-refractivity contribution < 1.29 is 9.53 Å². The number of rotatable bonds is 6. The summed E-state index contributed by atoms with van der Waals surface area (Å²) in [5, 5.41) is 0.626. The van der Waals surface area contributed by atoms with E-state index in [4.69, 9.17) is 9.73 Å². The Morgan fingerprint density at radius 2 is 1.61 bits per heavy atom. The maximum absolute atomic E-state index is 13.5. The average Bonchev–Trinajstić information content (AvgIpc) is 3.19. The van der Waals surface area contributed by atoms with E-state index in [1.165, 1.54) is 17.3 Å². The number of halogens is 1. The molecule has 0 spiro atoms. The van der Waals surface area contributed by atoms with Gasteiger partial charge in [0.1, 0.15) is 12.4 Å². The highest BCUT2D eigenvalue weighted by Gasteiger charge is 2.34. The first kappa shape index (κ1) is 24.1. The van der Waals surface area contributed by atoms with Gasteiger partial charge in [0.05, 0.1) is 20.8 Å². The molecule has 1 fully saturated rings. The van der Waals surface area contributed by atoms with Crippen molar-refractivity contribution in [2.75, 3.05) is 4.90 Å². The number of carbonyl (C=O) groups excluding carboxylic acids is 1.